The first-order valence-corrected chi connectivity index (χ1v) is 4.86. The van der Waals surface area contributed by atoms with Crippen molar-refractivity contribution in [3.63, 3.8) is 0 Å². The molecule has 0 radical (unpaired) electrons. The van der Waals surface area contributed by atoms with Gasteiger partial charge in [0.25, 0.3) is 0 Å². The SMILES string of the molecule is CC1(C(=O)OCC#N)CCCS1. The maximum absolute atomic E-state index is 11.3. The van der Waals surface area contributed by atoms with Crippen LogP contribution in [0.5, 0.6) is 0 Å². The number of carbonyl (C=O) groups excluding carboxylic acids is 1. The maximum atomic E-state index is 11.3. The fraction of sp³-hybridized carbons (Fsp3) is 0.750. The molecule has 0 aliphatic carbocycles. The van der Waals surface area contributed by atoms with Crippen molar-refractivity contribution in [2.45, 2.75) is 24.5 Å². The van der Waals surface area contributed by atoms with Gasteiger partial charge in [-0.05, 0) is 25.5 Å². The van der Waals surface area contributed by atoms with Gasteiger partial charge in [0.15, 0.2) is 6.61 Å². The molecule has 66 valence electrons. The first-order chi connectivity index (χ1) is 5.69. The highest BCUT2D eigenvalue weighted by atomic mass is 32.2. The number of thioether (sulfide) groups is 1. The summed E-state index contributed by atoms with van der Waals surface area (Å²) in [5.74, 6) is 0.768. The van der Waals surface area contributed by atoms with E-state index in [2.05, 4.69) is 0 Å². The zero-order valence-electron chi connectivity index (χ0n) is 7.00. The van der Waals surface area contributed by atoms with E-state index in [1.165, 1.54) is 0 Å². The van der Waals surface area contributed by atoms with Gasteiger partial charge in [-0.25, -0.2) is 0 Å². The fourth-order valence-corrected chi connectivity index (χ4v) is 2.40. The predicted molar refractivity (Wildman–Crippen MR) is 46.7 cm³/mol. The van der Waals surface area contributed by atoms with Gasteiger partial charge in [0.05, 0.1) is 0 Å². The minimum Gasteiger partial charge on any atom is -0.449 e. The Morgan fingerprint density at radius 2 is 2.58 bits per heavy atom. The van der Waals surface area contributed by atoms with Gasteiger partial charge in [-0.15, -0.1) is 11.8 Å². The highest BCUT2D eigenvalue weighted by Crippen LogP contribution is 2.38. The van der Waals surface area contributed by atoms with E-state index in [-0.39, 0.29) is 12.6 Å². The monoisotopic (exact) mass is 185 g/mol. The van der Waals surface area contributed by atoms with Crippen LogP contribution in [0, 0.1) is 11.3 Å². The fourth-order valence-electron chi connectivity index (χ4n) is 1.19. The van der Waals surface area contributed by atoms with E-state index in [1.54, 1.807) is 17.8 Å². The molecule has 12 heavy (non-hydrogen) atoms. The maximum Gasteiger partial charge on any atom is 0.322 e. The first-order valence-electron chi connectivity index (χ1n) is 3.87. The molecule has 1 unspecified atom stereocenters. The summed E-state index contributed by atoms with van der Waals surface area (Å²) in [6.07, 6.45) is 1.92. The quantitative estimate of drug-likeness (QED) is 0.609. The summed E-state index contributed by atoms with van der Waals surface area (Å²) < 4.78 is 4.37. The van der Waals surface area contributed by atoms with Crippen molar-refractivity contribution in [2.75, 3.05) is 12.4 Å². The molecule has 0 aromatic carbocycles. The molecular formula is C8H11NO2S. The van der Waals surface area contributed by atoms with Crippen molar-refractivity contribution in [1.82, 2.24) is 0 Å². The third kappa shape index (κ3) is 1.92. The lowest BCUT2D eigenvalue weighted by Crippen LogP contribution is -2.30. The molecule has 1 aliphatic rings. The average Bonchev–Trinajstić information content (AvgIpc) is 2.49. The molecule has 0 spiro atoms. The van der Waals surface area contributed by atoms with Crippen LogP contribution in [0.25, 0.3) is 0 Å². The predicted octanol–water partition coefficient (Wildman–Crippen LogP) is 1.34. The summed E-state index contributed by atoms with van der Waals surface area (Å²) in [6, 6.07) is 1.79. The number of nitriles is 1. The van der Waals surface area contributed by atoms with Crippen molar-refractivity contribution in [3.05, 3.63) is 0 Å². The molecule has 0 aromatic heterocycles. The van der Waals surface area contributed by atoms with Crippen molar-refractivity contribution in [3.8, 4) is 6.07 Å². The molecule has 4 heteroatoms. The second-order valence-electron chi connectivity index (χ2n) is 2.92. The first kappa shape index (κ1) is 9.40. The summed E-state index contributed by atoms with van der Waals surface area (Å²) in [7, 11) is 0. The van der Waals surface area contributed by atoms with E-state index < -0.39 is 4.75 Å². The Bertz CT molecular complexity index is 216. The van der Waals surface area contributed by atoms with Crippen LogP contribution in [0.1, 0.15) is 19.8 Å². The minimum atomic E-state index is -0.392. The summed E-state index contributed by atoms with van der Waals surface area (Å²) in [5.41, 5.74) is 0. The smallest absolute Gasteiger partial charge is 0.322 e. The van der Waals surface area contributed by atoms with Crippen LogP contribution in [-0.4, -0.2) is 23.1 Å². The van der Waals surface area contributed by atoms with E-state index >= 15 is 0 Å². The average molecular weight is 185 g/mol. The van der Waals surface area contributed by atoms with Crippen LogP contribution in [0.2, 0.25) is 0 Å². The third-order valence-electron chi connectivity index (χ3n) is 1.92. The number of carbonyl (C=O) groups is 1. The minimum absolute atomic E-state index is 0.130. The van der Waals surface area contributed by atoms with Crippen molar-refractivity contribution >= 4 is 17.7 Å². The molecule has 0 saturated carbocycles. The van der Waals surface area contributed by atoms with E-state index in [9.17, 15) is 4.79 Å². The van der Waals surface area contributed by atoms with Crippen LogP contribution >= 0.6 is 11.8 Å². The van der Waals surface area contributed by atoms with Crippen LogP contribution in [-0.2, 0) is 9.53 Å². The molecule has 1 saturated heterocycles. The lowest BCUT2D eigenvalue weighted by atomic mass is 10.1. The van der Waals surface area contributed by atoms with Gasteiger partial charge in [0.2, 0.25) is 0 Å². The molecular weight excluding hydrogens is 174 g/mol. The highest BCUT2D eigenvalue weighted by molar-refractivity contribution is 8.01. The van der Waals surface area contributed by atoms with Crippen LogP contribution in [0.15, 0.2) is 0 Å². The van der Waals surface area contributed by atoms with E-state index in [0.717, 1.165) is 18.6 Å². The molecule has 1 atom stereocenters. The standard InChI is InChI=1S/C8H11NO2S/c1-8(3-2-6-12-8)7(10)11-5-4-9/h2-3,5-6H2,1H3. The molecule has 3 nitrogen and oxygen atoms in total. The van der Waals surface area contributed by atoms with E-state index in [4.69, 9.17) is 10.00 Å². The Morgan fingerprint density at radius 1 is 1.83 bits per heavy atom. The van der Waals surface area contributed by atoms with Crippen molar-refractivity contribution in [1.29, 1.82) is 5.26 Å². The number of nitrogens with zero attached hydrogens (tertiary/aromatic N) is 1. The third-order valence-corrected chi connectivity index (χ3v) is 3.42. The summed E-state index contributed by atoms with van der Waals surface area (Å²) >= 11 is 1.62. The Labute approximate surface area is 76.1 Å². The van der Waals surface area contributed by atoms with Gasteiger partial charge in [-0.2, -0.15) is 5.26 Å². The molecule has 0 bridgehead atoms. The largest absolute Gasteiger partial charge is 0.449 e. The zero-order chi connectivity index (χ0) is 9.03. The van der Waals surface area contributed by atoms with Gasteiger partial charge in [-0.1, -0.05) is 0 Å². The molecule has 1 aliphatic heterocycles. The molecule has 1 rings (SSSR count). The van der Waals surface area contributed by atoms with Gasteiger partial charge in [0, 0.05) is 0 Å². The molecule has 0 aromatic rings. The Morgan fingerprint density at radius 3 is 3.08 bits per heavy atom. The van der Waals surface area contributed by atoms with Gasteiger partial charge >= 0.3 is 5.97 Å². The number of esters is 1. The molecule has 1 heterocycles. The van der Waals surface area contributed by atoms with Gasteiger partial charge in [0.1, 0.15) is 10.8 Å². The number of hydrogen-bond acceptors (Lipinski definition) is 4. The van der Waals surface area contributed by atoms with Crippen LogP contribution in [0.3, 0.4) is 0 Å². The van der Waals surface area contributed by atoms with Gasteiger partial charge < -0.3 is 4.74 Å². The van der Waals surface area contributed by atoms with Crippen molar-refractivity contribution in [2.24, 2.45) is 0 Å². The number of hydrogen-bond donors (Lipinski definition) is 0. The van der Waals surface area contributed by atoms with Crippen molar-refractivity contribution < 1.29 is 9.53 Å². The Kier molecular flexibility index (Phi) is 2.99. The second kappa shape index (κ2) is 3.81. The van der Waals surface area contributed by atoms with E-state index in [1.807, 2.05) is 6.92 Å². The number of ether oxygens (including phenoxy) is 1. The molecule has 0 amide bonds. The van der Waals surface area contributed by atoms with Crippen LogP contribution < -0.4 is 0 Å². The topological polar surface area (TPSA) is 50.1 Å². The van der Waals surface area contributed by atoms with Gasteiger partial charge in [-0.3, -0.25) is 4.79 Å². The molecule has 0 N–H and O–H groups in total. The summed E-state index contributed by atoms with van der Waals surface area (Å²) in [6.45, 7) is 1.75. The zero-order valence-corrected chi connectivity index (χ0v) is 7.82. The summed E-state index contributed by atoms with van der Waals surface area (Å²) in [5, 5.41) is 8.21. The number of rotatable bonds is 2. The highest BCUT2D eigenvalue weighted by Gasteiger charge is 2.38. The Hall–Kier alpha value is -0.690. The lowest BCUT2D eigenvalue weighted by molar-refractivity contribution is -0.144. The van der Waals surface area contributed by atoms with Crippen LogP contribution in [0.4, 0.5) is 0 Å². The normalized spacial score (nSPS) is 28.0. The second-order valence-corrected chi connectivity index (χ2v) is 4.52. The summed E-state index contributed by atoms with van der Waals surface area (Å²) in [4.78, 5) is 11.3. The van der Waals surface area contributed by atoms with E-state index in [0.29, 0.717) is 0 Å². The lowest BCUT2D eigenvalue weighted by Gasteiger charge is -2.18. The molecule has 1 fully saturated rings. The Balaban J connectivity index is 2.45.